The first kappa shape index (κ1) is 14.3. The zero-order valence-electron chi connectivity index (χ0n) is 11.0. The Bertz CT molecular complexity index is 541. The molecular formula is C13H17BrN4S. The fourth-order valence-corrected chi connectivity index (χ4v) is 3.39. The van der Waals surface area contributed by atoms with E-state index in [2.05, 4.69) is 55.6 Å². The second-order valence-corrected chi connectivity index (χ2v) is 6.58. The van der Waals surface area contributed by atoms with Gasteiger partial charge in [0.05, 0.1) is 3.79 Å². The van der Waals surface area contributed by atoms with Crippen LogP contribution in [0.25, 0.3) is 0 Å². The maximum Gasteiger partial charge on any atom is 0.134 e. The first-order valence-electron chi connectivity index (χ1n) is 6.24. The van der Waals surface area contributed by atoms with Gasteiger partial charge in [0.2, 0.25) is 0 Å². The maximum absolute atomic E-state index is 4.33. The molecule has 2 aromatic rings. The number of nitrogens with zero attached hydrogens (tertiary/aromatic N) is 2. The summed E-state index contributed by atoms with van der Waals surface area (Å²) in [5.41, 5.74) is 1.14. The first-order valence-corrected chi connectivity index (χ1v) is 7.85. The van der Waals surface area contributed by atoms with Crippen LogP contribution in [0.5, 0.6) is 0 Å². The average Bonchev–Trinajstić information content (AvgIpc) is 2.84. The van der Waals surface area contributed by atoms with Crippen molar-refractivity contribution >= 4 is 38.9 Å². The average molecular weight is 341 g/mol. The van der Waals surface area contributed by atoms with Gasteiger partial charge in [-0.15, -0.1) is 11.3 Å². The molecule has 2 N–H and O–H groups in total. The van der Waals surface area contributed by atoms with Crippen molar-refractivity contribution in [3.05, 3.63) is 32.7 Å². The van der Waals surface area contributed by atoms with Crippen molar-refractivity contribution < 1.29 is 0 Å². The van der Waals surface area contributed by atoms with Crippen LogP contribution >= 0.6 is 27.3 Å². The molecule has 2 rings (SSSR count). The molecular weight excluding hydrogens is 324 g/mol. The van der Waals surface area contributed by atoms with Gasteiger partial charge in [-0.05, 0) is 40.9 Å². The predicted molar refractivity (Wildman–Crippen MR) is 85.2 cm³/mol. The van der Waals surface area contributed by atoms with Gasteiger partial charge in [-0.1, -0.05) is 6.92 Å². The highest BCUT2D eigenvalue weighted by Crippen LogP contribution is 2.23. The van der Waals surface area contributed by atoms with E-state index in [1.165, 1.54) is 8.66 Å². The molecule has 0 bridgehead atoms. The molecule has 0 aromatic carbocycles. The highest BCUT2D eigenvalue weighted by atomic mass is 79.9. The van der Waals surface area contributed by atoms with Crippen molar-refractivity contribution in [2.24, 2.45) is 0 Å². The van der Waals surface area contributed by atoms with Crippen molar-refractivity contribution in [1.82, 2.24) is 9.97 Å². The van der Waals surface area contributed by atoms with E-state index in [1.807, 2.05) is 7.05 Å². The van der Waals surface area contributed by atoms with Crippen LogP contribution in [0.3, 0.4) is 0 Å². The summed E-state index contributed by atoms with van der Waals surface area (Å²) in [6.07, 6.45) is 3.50. The van der Waals surface area contributed by atoms with Gasteiger partial charge in [-0.25, -0.2) is 9.97 Å². The Hall–Kier alpha value is -1.14. The van der Waals surface area contributed by atoms with Gasteiger partial charge in [-0.2, -0.15) is 0 Å². The maximum atomic E-state index is 4.33. The number of aromatic nitrogens is 2. The van der Waals surface area contributed by atoms with Crippen LogP contribution in [0.1, 0.15) is 17.4 Å². The van der Waals surface area contributed by atoms with Crippen molar-refractivity contribution in [2.45, 2.75) is 19.8 Å². The molecule has 0 aliphatic rings. The summed E-state index contributed by atoms with van der Waals surface area (Å²) in [5, 5.41) is 6.50. The molecule has 0 fully saturated rings. The van der Waals surface area contributed by atoms with Crippen molar-refractivity contribution in [3.63, 3.8) is 0 Å². The summed E-state index contributed by atoms with van der Waals surface area (Å²) >= 11 is 5.25. The zero-order valence-corrected chi connectivity index (χ0v) is 13.4. The van der Waals surface area contributed by atoms with Crippen LogP contribution in [0.2, 0.25) is 0 Å². The quantitative estimate of drug-likeness (QED) is 0.844. The van der Waals surface area contributed by atoms with Gasteiger partial charge >= 0.3 is 0 Å². The Morgan fingerprint density at radius 3 is 2.68 bits per heavy atom. The predicted octanol–water partition coefficient (Wildman–Crippen LogP) is 3.56. The van der Waals surface area contributed by atoms with E-state index in [1.54, 1.807) is 17.7 Å². The minimum absolute atomic E-state index is 0.875. The normalized spacial score (nSPS) is 10.5. The van der Waals surface area contributed by atoms with Crippen LogP contribution in [-0.4, -0.2) is 23.6 Å². The molecule has 0 amide bonds. The summed E-state index contributed by atoms with van der Waals surface area (Å²) in [7, 11) is 1.88. The van der Waals surface area contributed by atoms with Crippen LogP contribution in [-0.2, 0) is 12.8 Å². The van der Waals surface area contributed by atoms with E-state index in [4.69, 9.17) is 0 Å². The molecule has 0 aliphatic heterocycles. The first-order chi connectivity index (χ1) is 9.24. The van der Waals surface area contributed by atoms with E-state index in [-0.39, 0.29) is 0 Å². The van der Waals surface area contributed by atoms with E-state index in [0.29, 0.717) is 0 Å². The van der Waals surface area contributed by atoms with Gasteiger partial charge in [0.15, 0.2) is 0 Å². The molecule has 4 nitrogen and oxygen atoms in total. The van der Waals surface area contributed by atoms with E-state index < -0.39 is 0 Å². The van der Waals surface area contributed by atoms with Gasteiger partial charge < -0.3 is 10.6 Å². The lowest BCUT2D eigenvalue weighted by molar-refractivity contribution is 0.985. The molecule has 2 heterocycles. The molecule has 102 valence electrons. The molecule has 0 radical (unpaired) electrons. The number of thiophene rings is 1. The van der Waals surface area contributed by atoms with Crippen molar-refractivity contribution in [1.29, 1.82) is 0 Å². The number of anilines is 2. The largest absolute Gasteiger partial charge is 0.373 e. The summed E-state index contributed by atoms with van der Waals surface area (Å²) in [6.45, 7) is 2.99. The van der Waals surface area contributed by atoms with E-state index in [0.717, 1.165) is 36.6 Å². The highest BCUT2D eigenvalue weighted by molar-refractivity contribution is 9.11. The van der Waals surface area contributed by atoms with Crippen LogP contribution in [0, 0.1) is 0 Å². The molecule has 6 heteroatoms. The summed E-state index contributed by atoms with van der Waals surface area (Å²) in [6, 6.07) is 4.23. The fourth-order valence-electron chi connectivity index (χ4n) is 1.91. The second kappa shape index (κ2) is 6.86. The highest BCUT2D eigenvalue weighted by Gasteiger charge is 2.08. The van der Waals surface area contributed by atoms with Crippen LogP contribution < -0.4 is 10.6 Å². The summed E-state index contributed by atoms with van der Waals surface area (Å²) in [5.74, 6) is 1.83. The molecule has 0 spiro atoms. The summed E-state index contributed by atoms with van der Waals surface area (Å²) < 4.78 is 1.18. The third-order valence-electron chi connectivity index (χ3n) is 2.83. The Balaban J connectivity index is 1.99. The Kier molecular flexibility index (Phi) is 5.15. The fraction of sp³-hybridized carbons (Fsp3) is 0.385. The molecule has 0 aliphatic carbocycles. The van der Waals surface area contributed by atoms with Crippen LogP contribution in [0.15, 0.2) is 22.2 Å². The van der Waals surface area contributed by atoms with E-state index >= 15 is 0 Å². The van der Waals surface area contributed by atoms with Gasteiger partial charge in [-0.3, -0.25) is 0 Å². The van der Waals surface area contributed by atoms with Gasteiger partial charge in [0, 0.05) is 24.0 Å². The third kappa shape index (κ3) is 3.67. The lowest BCUT2D eigenvalue weighted by atomic mass is 10.2. The molecule has 0 saturated heterocycles. The molecule has 0 atom stereocenters. The van der Waals surface area contributed by atoms with E-state index in [9.17, 15) is 0 Å². The topological polar surface area (TPSA) is 49.8 Å². The Morgan fingerprint density at radius 2 is 2.05 bits per heavy atom. The van der Waals surface area contributed by atoms with Crippen molar-refractivity contribution in [3.8, 4) is 0 Å². The summed E-state index contributed by atoms with van der Waals surface area (Å²) in [4.78, 5) is 9.92. The molecule has 2 aromatic heterocycles. The smallest absolute Gasteiger partial charge is 0.134 e. The number of halogens is 1. The zero-order chi connectivity index (χ0) is 13.7. The third-order valence-corrected chi connectivity index (χ3v) is 4.51. The lowest BCUT2D eigenvalue weighted by Gasteiger charge is -2.12. The SMILES string of the molecule is CCc1c(NC)ncnc1NCCc1ccc(Br)s1. The lowest BCUT2D eigenvalue weighted by Crippen LogP contribution is -2.10. The number of nitrogens with one attached hydrogen (secondary N) is 2. The minimum atomic E-state index is 0.875. The molecule has 0 saturated carbocycles. The monoisotopic (exact) mass is 340 g/mol. The standard InChI is InChI=1S/C13H17BrN4S/c1-3-10-12(15-2)17-8-18-13(10)16-7-6-9-4-5-11(14)19-9/h4-5,8H,3,6-7H2,1-2H3,(H2,15,16,17,18). The Labute approximate surface area is 125 Å². The molecule has 19 heavy (non-hydrogen) atoms. The number of hydrogen-bond donors (Lipinski definition) is 2. The number of hydrogen-bond acceptors (Lipinski definition) is 5. The van der Waals surface area contributed by atoms with Crippen molar-refractivity contribution in [2.75, 3.05) is 24.2 Å². The second-order valence-electron chi connectivity index (χ2n) is 4.04. The van der Waals surface area contributed by atoms with Crippen LogP contribution in [0.4, 0.5) is 11.6 Å². The minimum Gasteiger partial charge on any atom is -0.373 e. The molecule has 0 unspecified atom stereocenters. The number of rotatable bonds is 6. The Morgan fingerprint density at radius 1 is 1.26 bits per heavy atom. The van der Waals surface area contributed by atoms with Gasteiger partial charge in [0.25, 0.3) is 0 Å². The van der Waals surface area contributed by atoms with Gasteiger partial charge in [0.1, 0.15) is 18.0 Å².